The highest BCUT2D eigenvalue weighted by atomic mass is 19.4. The summed E-state index contributed by atoms with van der Waals surface area (Å²) in [5, 5.41) is 0. The lowest BCUT2D eigenvalue weighted by atomic mass is 9.79. The summed E-state index contributed by atoms with van der Waals surface area (Å²) in [5.74, 6) is -22.1. The maximum atomic E-state index is 13.9. The van der Waals surface area contributed by atoms with Crippen molar-refractivity contribution in [2.75, 3.05) is 0 Å². The summed E-state index contributed by atoms with van der Waals surface area (Å²) in [6.07, 6.45) is -9.51. The van der Waals surface area contributed by atoms with Gasteiger partial charge in [-0.1, -0.05) is 6.92 Å². The van der Waals surface area contributed by atoms with Crippen LogP contribution in [0.25, 0.3) is 0 Å². The molecule has 0 atom stereocenters. The van der Waals surface area contributed by atoms with Crippen LogP contribution in [0.2, 0.25) is 0 Å². The van der Waals surface area contributed by atoms with Gasteiger partial charge in [-0.25, -0.2) is 0 Å². The number of hydrogen-bond donors (Lipinski definition) is 0. The molecule has 0 heterocycles. The lowest BCUT2D eigenvalue weighted by Crippen LogP contribution is -2.63. The Hall–Kier alpha value is -1.16. The molecule has 2 nitrogen and oxygen atoms in total. The van der Waals surface area contributed by atoms with Gasteiger partial charge >= 0.3 is 29.9 Å². The smallest absolute Gasteiger partial charge is 0.460 e. The average Bonchev–Trinajstić information content (AvgIpc) is 2.53. The van der Waals surface area contributed by atoms with Gasteiger partial charge in [0.2, 0.25) is 0 Å². The minimum Gasteiger partial charge on any atom is -0.462 e. The van der Waals surface area contributed by atoms with E-state index in [0.29, 0.717) is 6.42 Å². The quantitative estimate of drug-likeness (QED) is 0.393. The molecular formula is C16H21F9O2. The Labute approximate surface area is 150 Å². The lowest BCUT2D eigenvalue weighted by molar-refractivity contribution is -0.404. The van der Waals surface area contributed by atoms with Crippen molar-refractivity contribution in [1.29, 1.82) is 0 Å². The fraction of sp³-hybridized carbons (Fsp3) is 0.938. The van der Waals surface area contributed by atoms with Crippen LogP contribution in [0.5, 0.6) is 0 Å². The second-order valence-electron chi connectivity index (χ2n) is 7.39. The van der Waals surface area contributed by atoms with Gasteiger partial charge in [0.05, 0.1) is 5.41 Å². The molecular weight excluding hydrogens is 395 g/mol. The number of carbonyl (C=O) groups excluding carboxylic acids is 1. The van der Waals surface area contributed by atoms with Crippen molar-refractivity contribution in [1.82, 2.24) is 0 Å². The average molecular weight is 416 g/mol. The molecule has 0 aliphatic heterocycles. The van der Waals surface area contributed by atoms with Crippen LogP contribution in [-0.2, 0) is 9.53 Å². The van der Waals surface area contributed by atoms with Crippen LogP contribution in [-0.4, -0.2) is 36.0 Å². The summed E-state index contributed by atoms with van der Waals surface area (Å²) in [5.41, 5.74) is -0.859. The molecule has 27 heavy (non-hydrogen) atoms. The van der Waals surface area contributed by atoms with Crippen LogP contribution in [0.4, 0.5) is 39.5 Å². The zero-order valence-electron chi connectivity index (χ0n) is 14.9. The molecule has 0 spiro atoms. The van der Waals surface area contributed by atoms with Crippen molar-refractivity contribution in [3.63, 3.8) is 0 Å². The second kappa shape index (κ2) is 7.35. The third-order valence-corrected chi connectivity index (χ3v) is 5.07. The Morgan fingerprint density at radius 1 is 0.852 bits per heavy atom. The van der Waals surface area contributed by atoms with Crippen molar-refractivity contribution in [3.05, 3.63) is 0 Å². The molecule has 0 N–H and O–H groups in total. The molecule has 0 unspecified atom stereocenters. The van der Waals surface area contributed by atoms with Gasteiger partial charge in [0.25, 0.3) is 0 Å². The van der Waals surface area contributed by atoms with Crippen LogP contribution in [0, 0.1) is 11.3 Å². The zero-order chi connectivity index (χ0) is 21.5. The molecule has 1 rings (SSSR count). The SMILES string of the molecule is CCC(C)(C)C(=O)OC1CCC(C(F)(F)C(F)(F)C(F)(F)C(F)(F)F)CC1. The number of halogens is 9. The summed E-state index contributed by atoms with van der Waals surface area (Å²) in [7, 11) is 0. The van der Waals surface area contributed by atoms with Gasteiger partial charge in [0.15, 0.2) is 0 Å². The predicted octanol–water partition coefficient (Wildman–Crippen LogP) is 5.99. The number of ether oxygens (including phenoxy) is 1. The molecule has 0 radical (unpaired) electrons. The molecule has 0 amide bonds. The van der Waals surface area contributed by atoms with E-state index in [1.807, 2.05) is 0 Å². The molecule has 0 aromatic heterocycles. The van der Waals surface area contributed by atoms with E-state index in [-0.39, 0.29) is 12.8 Å². The molecule has 0 bridgehead atoms. The third-order valence-electron chi connectivity index (χ3n) is 5.07. The van der Waals surface area contributed by atoms with Gasteiger partial charge in [-0.2, -0.15) is 39.5 Å². The van der Waals surface area contributed by atoms with E-state index >= 15 is 0 Å². The Bertz CT molecular complexity index is 532. The van der Waals surface area contributed by atoms with E-state index in [4.69, 9.17) is 4.74 Å². The maximum absolute atomic E-state index is 13.9. The van der Waals surface area contributed by atoms with Crippen molar-refractivity contribution in [3.8, 4) is 0 Å². The summed E-state index contributed by atoms with van der Waals surface area (Å²) < 4.78 is 122. The fourth-order valence-electron chi connectivity index (χ4n) is 2.64. The van der Waals surface area contributed by atoms with Gasteiger partial charge in [-0.05, 0) is 46.0 Å². The van der Waals surface area contributed by atoms with Crippen molar-refractivity contribution >= 4 is 5.97 Å². The summed E-state index contributed by atoms with van der Waals surface area (Å²) in [6.45, 7) is 4.87. The molecule has 1 fully saturated rings. The van der Waals surface area contributed by atoms with Crippen molar-refractivity contribution in [2.24, 2.45) is 11.3 Å². The third kappa shape index (κ3) is 4.31. The normalized spacial score (nSPS) is 23.3. The number of alkyl halides is 9. The van der Waals surface area contributed by atoms with E-state index in [1.54, 1.807) is 20.8 Å². The van der Waals surface area contributed by atoms with Gasteiger partial charge < -0.3 is 4.74 Å². The Kier molecular flexibility index (Phi) is 6.50. The molecule has 0 saturated heterocycles. The molecule has 1 aliphatic carbocycles. The van der Waals surface area contributed by atoms with Gasteiger partial charge in [-0.3, -0.25) is 4.79 Å². The standard InChI is InChI=1S/C16H21F9O2/c1-4-12(2,3)11(26)27-10-7-5-9(6-8-10)13(17,18)14(19,20)15(21,22)16(23,24)25/h9-10H,4-8H2,1-3H3. The summed E-state index contributed by atoms with van der Waals surface area (Å²) in [6, 6.07) is 0. The summed E-state index contributed by atoms with van der Waals surface area (Å²) in [4.78, 5) is 11.9. The second-order valence-corrected chi connectivity index (χ2v) is 7.39. The zero-order valence-corrected chi connectivity index (χ0v) is 14.9. The van der Waals surface area contributed by atoms with E-state index in [2.05, 4.69) is 0 Å². The van der Waals surface area contributed by atoms with Crippen LogP contribution in [0.3, 0.4) is 0 Å². The lowest BCUT2D eigenvalue weighted by Gasteiger charge is -2.40. The van der Waals surface area contributed by atoms with Crippen LogP contribution in [0.15, 0.2) is 0 Å². The minimum absolute atomic E-state index is 0.334. The van der Waals surface area contributed by atoms with E-state index in [1.165, 1.54) is 0 Å². The summed E-state index contributed by atoms with van der Waals surface area (Å²) >= 11 is 0. The van der Waals surface area contributed by atoms with Crippen molar-refractivity contribution in [2.45, 2.75) is 82.9 Å². The topological polar surface area (TPSA) is 26.3 Å². The number of esters is 1. The minimum atomic E-state index is -6.88. The first-order valence-corrected chi connectivity index (χ1v) is 8.33. The van der Waals surface area contributed by atoms with Crippen LogP contribution in [0.1, 0.15) is 52.9 Å². The first-order valence-electron chi connectivity index (χ1n) is 8.33. The van der Waals surface area contributed by atoms with E-state index in [9.17, 15) is 44.3 Å². The fourth-order valence-corrected chi connectivity index (χ4v) is 2.64. The molecule has 11 heteroatoms. The molecule has 1 aliphatic rings. The molecule has 160 valence electrons. The Balaban J connectivity index is 2.85. The maximum Gasteiger partial charge on any atom is 0.460 e. The van der Waals surface area contributed by atoms with E-state index in [0.717, 1.165) is 0 Å². The van der Waals surface area contributed by atoms with Crippen LogP contribution >= 0.6 is 0 Å². The highest BCUT2D eigenvalue weighted by molar-refractivity contribution is 5.75. The largest absolute Gasteiger partial charge is 0.462 e. The van der Waals surface area contributed by atoms with Gasteiger partial charge in [-0.15, -0.1) is 0 Å². The molecule has 0 aromatic rings. The van der Waals surface area contributed by atoms with E-state index < -0.39 is 60.2 Å². The number of carbonyl (C=O) groups is 1. The predicted molar refractivity (Wildman–Crippen MR) is 76.8 cm³/mol. The number of rotatable bonds is 6. The molecule has 1 saturated carbocycles. The highest BCUT2D eigenvalue weighted by Crippen LogP contribution is 2.57. The van der Waals surface area contributed by atoms with Gasteiger partial charge in [0.1, 0.15) is 6.10 Å². The Morgan fingerprint density at radius 2 is 1.30 bits per heavy atom. The first-order chi connectivity index (χ1) is 11.9. The van der Waals surface area contributed by atoms with Crippen molar-refractivity contribution < 1.29 is 49.0 Å². The highest BCUT2D eigenvalue weighted by Gasteiger charge is 2.82. The monoisotopic (exact) mass is 416 g/mol. The number of hydrogen-bond acceptors (Lipinski definition) is 2. The van der Waals surface area contributed by atoms with Crippen LogP contribution < -0.4 is 0 Å². The van der Waals surface area contributed by atoms with Gasteiger partial charge in [0, 0.05) is 5.92 Å². The Morgan fingerprint density at radius 3 is 1.67 bits per heavy atom. The first kappa shape index (κ1) is 23.9. The molecule has 0 aromatic carbocycles.